The summed E-state index contributed by atoms with van der Waals surface area (Å²) >= 11 is 1.33. The third kappa shape index (κ3) is 2.99. The zero-order valence-corrected chi connectivity index (χ0v) is 12.4. The first-order chi connectivity index (χ1) is 9.62. The van der Waals surface area contributed by atoms with E-state index in [0.29, 0.717) is 0 Å². The summed E-state index contributed by atoms with van der Waals surface area (Å²) in [6, 6.07) is -0.670. The number of aryl methyl sites for hydroxylation is 1. The Kier molecular flexibility index (Phi) is 5.39. The minimum Gasteiger partial charge on any atom is -0.394 e. The van der Waals surface area contributed by atoms with Gasteiger partial charge in [0.1, 0.15) is 29.8 Å². The summed E-state index contributed by atoms with van der Waals surface area (Å²) in [5.74, 6) is 0. The number of nitrogens with zero attached hydrogens (tertiary/aromatic N) is 3. The highest BCUT2D eigenvalue weighted by atomic mass is 32.2. The molecule has 8 heteroatoms. The molecule has 1 saturated heterocycles. The van der Waals surface area contributed by atoms with Gasteiger partial charge in [-0.15, -0.1) is 16.9 Å². The summed E-state index contributed by atoms with van der Waals surface area (Å²) in [5.41, 5.74) is 0.305. The Morgan fingerprint density at radius 2 is 2.15 bits per heavy atom. The normalized spacial score (nSPS) is 34.4. The molecule has 2 rings (SSSR count). The molecule has 0 saturated carbocycles. The van der Waals surface area contributed by atoms with E-state index in [4.69, 9.17) is 4.74 Å². The average molecular weight is 303 g/mol. The van der Waals surface area contributed by atoms with Crippen LogP contribution < -0.4 is 0 Å². The fraction of sp³-hybridized carbons (Fsp3) is 0.833. The van der Waals surface area contributed by atoms with E-state index in [1.165, 1.54) is 16.4 Å². The predicted octanol–water partition coefficient (Wildman–Crippen LogP) is -0.426. The van der Waals surface area contributed by atoms with Crippen molar-refractivity contribution in [3.05, 3.63) is 11.9 Å². The lowest BCUT2D eigenvalue weighted by Gasteiger charge is -2.41. The van der Waals surface area contributed by atoms with E-state index < -0.39 is 29.8 Å². The molecule has 114 valence electrons. The lowest BCUT2D eigenvalue weighted by Crippen LogP contribution is -2.54. The minimum absolute atomic E-state index is 0.308. The van der Waals surface area contributed by atoms with Crippen molar-refractivity contribution in [2.24, 2.45) is 0 Å². The number of hydrogen-bond donors (Lipinski definition) is 3. The second kappa shape index (κ2) is 6.86. The van der Waals surface area contributed by atoms with E-state index in [9.17, 15) is 15.3 Å². The minimum atomic E-state index is -1.03. The van der Waals surface area contributed by atoms with Gasteiger partial charge in [-0.3, -0.25) is 0 Å². The molecule has 3 unspecified atom stereocenters. The van der Waals surface area contributed by atoms with E-state index in [2.05, 4.69) is 10.3 Å². The Morgan fingerprint density at radius 1 is 1.40 bits per heavy atom. The van der Waals surface area contributed by atoms with Crippen LogP contribution in [0.3, 0.4) is 0 Å². The van der Waals surface area contributed by atoms with Crippen LogP contribution in [0.1, 0.15) is 25.1 Å². The molecule has 1 aliphatic heterocycles. The first kappa shape index (κ1) is 15.7. The van der Waals surface area contributed by atoms with Crippen molar-refractivity contribution in [2.75, 3.05) is 12.9 Å². The van der Waals surface area contributed by atoms with Crippen LogP contribution in [0.25, 0.3) is 0 Å². The van der Waals surface area contributed by atoms with Crippen LogP contribution >= 0.6 is 11.8 Å². The topological polar surface area (TPSA) is 101 Å². The van der Waals surface area contributed by atoms with Crippen LogP contribution in [-0.2, 0) is 11.2 Å². The number of aromatic nitrogens is 3. The van der Waals surface area contributed by atoms with E-state index in [1.807, 2.05) is 6.92 Å². The smallest absolute Gasteiger partial charge is 0.131 e. The maximum atomic E-state index is 10.3. The summed E-state index contributed by atoms with van der Waals surface area (Å²) in [7, 11) is 0. The molecule has 20 heavy (non-hydrogen) atoms. The predicted molar refractivity (Wildman–Crippen MR) is 74.3 cm³/mol. The SMILES string of the molecule is CCCc1cn(C2C(O)[C@H](SC)OC(CO)[C@@H]2O)nn1. The molecule has 2 heterocycles. The second-order valence-corrected chi connectivity index (χ2v) is 5.81. The number of rotatable bonds is 5. The molecule has 0 radical (unpaired) electrons. The van der Waals surface area contributed by atoms with Gasteiger partial charge in [0.25, 0.3) is 0 Å². The number of ether oxygens (including phenoxy) is 1. The van der Waals surface area contributed by atoms with Gasteiger partial charge in [0.2, 0.25) is 0 Å². The van der Waals surface area contributed by atoms with Gasteiger partial charge >= 0.3 is 0 Å². The molecule has 1 aliphatic rings. The third-order valence-electron chi connectivity index (χ3n) is 3.45. The van der Waals surface area contributed by atoms with Gasteiger partial charge in [0, 0.05) is 6.20 Å². The molecule has 1 fully saturated rings. The first-order valence-corrected chi connectivity index (χ1v) is 7.97. The lowest BCUT2D eigenvalue weighted by molar-refractivity contribution is -0.178. The van der Waals surface area contributed by atoms with Crippen LogP contribution in [0.4, 0.5) is 0 Å². The van der Waals surface area contributed by atoms with Gasteiger partial charge < -0.3 is 20.1 Å². The van der Waals surface area contributed by atoms with E-state index in [0.717, 1.165) is 18.5 Å². The number of thioether (sulfide) groups is 1. The van der Waals surface area contributed by atoms with Crippen molar-refractivity contribution in [2.45, 2.75) is 49.6 Å². The average Bonchev–Trinajstić information content (AvgIpc) is 2.88. The van der Waals surface area contributed by atoms with Crippen molar-refractivity contribution < 1.29 is 20.1 Å². The summed E-state index contributed by atoms with van der Waals surface area (Å²) < 4.78 is 6.95. The molecule has 1 aromatic heterocycles. The van der Waals surface area contributed by atoms with Crippen molar-refractivity contribution in [3.63, 3.8) is 0 Å². The van der Waals surface area contributed by atoms with Gasteiger partial charge in [0.15, 0.2) is 0 Å². The number of hydrogen-bond acceptors (Lipinski definition) is 7. The summed E-state index contributed by atoms with van der Waals surface area (Å²) in [6.07, 6.45) is 2.60. The van der Waals surface area contributed by atoms with Gasteiger partial charge in [0.05, 0.1) is 12.3 Å². The Bertz CT molecular complexity index is 415. The number of aliphatic hydroxyl groups is 3. The maximum absolute atomic E-state index is 10.3. The maximum Gasteiger partial charge on any atom is 0.131 e. The summed E-state index contributed by atoms with van der Waals surface area (Å²) in [4.78, 5) is 0. The molecular weight excluding hydrogens is 282 g/mol. The standard InChI is InChI=1S/C12H21N3O4S/c1-3-4-7-5-15(14-13-7)9-10(17)8(6-16)19-12(20-2)11(9)18/h5,8-12,16-18H,3-4,6H2,1-2H3/t8?,9?,10-,11?,12-/m0/s1. The van der Waals surface area contributed by atoms with Crippen molar-refractivity contribution >= 4 is 11.8 Å². The summed E-state index contributed by atoms with van der Waals surface area (Å²) in [6.45, 7) is 1.74. The zero-order chi connectivity index (χ0) is 14.7. The second-order valence-electron chi connectivity index (χ2n) is 4.87. The fourth-order valence-corrected chi connectivity index (χ4v) is 3.10. The highest BCUT2D eigenvalue weighted by Crippen LogP contribution is 2.33. The van der Waals surface area contributed by atoms with Crippen LogP contribution in [0.5, 0.6) is 0 Å². The molecule has 7 nitrogen and oxygen atoms in total. The van der Waals surface area contributed by atoms with E-state index >= 15 is 0 Å². The highest BCUT2D eigenvalue weighted by Gasteiger charge is 2.45. The molecule has 1 aromatic rings. The van der Waals surface area contributed by atoms with Crippen LogP contribution in [0.15, 0.2) is 6.20 Å². The van der Waals surface area contributed by atoms with Crippen LogP contribution in [0.2, 0.25) is 0 Å². The molecule has 0 bridgehead atoms. The molecule has 0 aromatic carbocycles. The van der Waals surface area contributed by atoms with Crippen LogP contribution in [-0.4, -0.2) is 66.9 Å². The lowest BCUT2D eigenvalue weighted by atomic mass is 9.97. The highest BCUT2D eigenvalue weighted by molar-refractivity contribution is 7.99. The molecule has 3 N–H and O–H groups in total. The quantitative estimate of drug-likeness (QED) is 0.679. The first-order valence-electron chi connectivity index (χ1n) is 6.68. The Hall–Kier alpha value is -0.670. The monoisotopic (exact) mass is 303 g/mol. The van der Waals surface area contributed by atoms with Gasteiger partial charge in [-0.25, -0.2) is 4.68 Å². The van der Waals surface area contributed by atoms with Gasteiger partial charge in [-0.2, -0.15) is 0 Å². The van der Waals surface area contributed by atoms with Gasteiger partial charge in [-0.1, -0.05) is 18.6 Å². The van der Waals surface area contributed by atoms with Crippen molar-refractivity contribution in [1.82, 2.24) is 15.0 Å². The van der Waals surface area contributed by atoms with E-state index in [1.54, 1.807) is 12.5 Å². The zero-order valence-electron chi connectivity index (χ0n) is 11.6. The van der Waals surface area contributed by atoms with Crippen molar-refractivity contribution in [1.29, 1.82) is 0 Å². The van der Waals surface area contributed by atoms with Crippen LogP contribution in [0, 0.1) is 0 Å². The third-order valence-corrected chi connectivity index (χ3v) is 4.30. The molecule has 5 atom stereocenters. The van der Waals surface area contributed by atoms with Crippen molar-refractivity contribution in [3.8, 4) is 0 Å². The van der Waals surface area contributed by atoms with E-state index in [-0.39, 0.29) is 6.61 Å². The largest absolute Gasteiger partial charge is 0.394 e. The molecule has 0 aliphatic carbocycles. The molecule has 0 amide bonds. The van der Waals surface area contributed by atoms with Gasteiger partial charge in [-0.05, 0) is 12.7 Å². The Morgan fingerprint density at radius 3 is 2.75 bits per heavy atom. The molecular formula is C12H21N3O4S. The molecule has 0 spiro atoms. The number of aliphatic hydroxyl groups excluding tert-OH is 3. The fourth-order valence-electron chi connectivity index (χ4n) is 2.40. The Labute approximate surface area is 121 Å². The Balaban J connectivity index is 2.24. The summed E-state index contributed by atoms with van der Waals surface area (Å²) in [5, 5.41) is 37.9.